The summed E-state index contributed by atoms with van der Waals surface area (Å²) < 4.78 is 4.84. The van der Waals surface area contributed by atoms with Gasteiger partial charge in [0.2, 0.25) is 0 Å². The maximum absolute atomic E-state index is 11.8. The largest absolute Gasteiger partial charge is 0.463 e. The van der Waals surface area contributed by atoms with Gasteiger partial charge in [-0.15, -0.1) is 0 Å². The highest BCUT2D eigenvalue weighted by Gasteiger charge is 2.30. The molecule has 0 radical (unpaired) electrons. The van der Waals surface area contributed by atoms with Gasteiger partial charge in [0.05, 0.1) is 17.1 Å². The summed E-state index contributed by atoms with van der Waals surface area (Å²) in [4.78, 5) is 26.1. The molecular weight excluding hydrogens is 280 g/mol. The zero-order valence-corrected chi connectivity index (χ0v) is 11.4. The van der Waals surface area contributed by atoms with Crippen LogP contribution < -0.4 is 10.6 Å². The summed E-state index contributed by atoms with van der Waals surface area (Å²) in [5.41, 5.74) is 0.253. The first-order chi connectivity index (χ1) is 9.99. The Morgan fingerprint density at radius 3 is 2.95 bits per heavy atom. The minimum Gasteiger partial charge on any atom is -0.463 e. The van der Waals surface area contributed by atoms with Crippen molar-refractivity contribution in [3.63, 3.8) is 0 Å². The van der Waals surface area contributed by atoms with Crippen molar-refractivity contribution in [2.45, 2.75) is 13.2 Å². The summed E-state index contributed by atoms with van der Waals surface area (Å²) in [6.07, 6.45) is 1.13. The zero-order valence-electron chi connectivity index (χ0n) is 11.4. The Labute approximate surface area is 119 Å². The van der Waals surface area contributed by atoms with Crippen LogP contribution in [0.1, 0.15) is 12.5 Å². The van der Waals surface area contributed by atoms with Crippen molar-refractivity contribution in [2.24, 2.45) is 0 Å². The van der Waals surface area contributed by atoms with E-state index in [0.29, 0.717) is 5.56 Å². The molecule has 0 spiro atoms. The molecule has 0 aromatic carbocycles. The first kappa shape index (κ1) is 14.7. The average molecular weight is 294 g/mol. The van der Waals surface area contributed by atoms with E-state index in [-0.39, 0.29) is 29.4 Å². The number of esters is 1. The summed E-state index contributed by atoms with van der Waals surface area (Å²) in [6, 6.07) is 0. The quantitative estimate of drug-likeness (QED) is 0.421. The number of fused-ring (bicyclic) bond motifs is 1. The SMILES string of the molecule is CCOC(=O)C1=Cc2c(ncc([N+](=O)[O-])c2NC)NC1O. The highest BCUT2D eigenvalue weighted by molar-refractivity contribution is 6.00. The minimum absolute atomic E-state index is 0.0388. The topological polar surface area (TPSA) is 127 Å². The van der Waals surface area contributed by atoms with Crippen LogP contribution in [0.25, 0.3) is 6.08 Å². The standard InChI is InChI=1S/C12H14N4O5/c1-3-21-12(18)7-4-6-9(13-2)8(16(19)20)5-14-10(6)15-11(7)17/h4-5,11,17H,3H2,1-2H3,(H2,13,14,15). The monoisotopic (exact) mass is 294 g/mol. The smallest absolute Gasteiger partial charge is 0.338 e. The van der Waals surface area contributed by atoms with Crippen molar-refractivity contribution in [2.75, 3.05) is 24.3 Å². The number of hydrogen-bond donors (Lipinski definition) is 3. The van der Waals surface area contributed by atoms with Gasteiger partial charge in [0.25, 0.3) is 0 Å². The van der Waals surface area contributed by atoms with Gasteiger partial charge in [-0.3, -0.25) is 10.1 Å². The van der Waals surface area contributed by atoms with Gasteiger partial charge in [-0.1, -0.05) is 0 Å². The zero-order chi connectivity index (χ0) is 15.6. The van der Waals surface area contributed by atoms with Crippen molar-refractivity contribution in [3.05, 3.63) is 27.4 Å². The first-order valence-corrected chi connectivity index (χ1v) is 6.18. The van der Waals surface area contributed by atoms with Crippen LogP contribution in [-0.2, 0) is 9.53 Å². The van der Waals surface area contributed by atoms with Gasteiger partial charge >= 0.3 is 11.7 Å². The Balaban J connectivity index is 2.57. The molecule has 1 aromatic rings. The number of nitrogens with zero attached hydrogens (tertiary/aromatic N) is 2. The third-order valence-corrected chi connectivity index (χ3v) is 2.92. The average Bonchev–Trinajstić information content (AvgIpc) is 2.45. The fourth-order valence-electron chi connectivity index (χ4n) is 2.00. The van der Waals surface area contributed by atoms with Crippen LogP contribution in [0.3, 0.4) is 0 Å². The lowest BCUT2D eigenvalue weighted by Crippen LogP contribution is -2.31. The normalized spacial score (nSPS) is 16.3. The Kier molecular flexibility index (Phi) is 4.03. The molecule has 1 aromatic heterocycles. The van der Waals surface area contributed by atoms with Crippen molar-refractivity contribution in [3.8, 4) is 0 Å². The van der Waals surface area contributed by atoms with Crippen molar-refractivity contribution < 1.29 is 19.6 Å². The molecule has 0 amide bonds. The van der Waals surface area contributed by atoms with Gasteiger partial charge in [-0.05, 0) is 13.0 Å². The van der Waals surface area contributed by atoms with Gasteiger partial charge in [-0.25, -0.2) is 9.78 Å². The number of ether oxygens (including phenoxy) is 1. The Morgan fingerprint density at radius 2 is 2.38 bits per heavy atom. The van der Waals surface area contributed by atoms with Crippen molar-refractivity contribution in [1.29, 1.82) is 0 Å². The van der Waals surface area contributed by atoms with Crippen molar-refractivity contribution >= 4 is 29.2 Å². The second kappa shape index (κ2) is 5.75. The third-order valence-electron chi connectivity index (χ3n) is 2.92. The molecule has 9 nitrogen and oxygen atoms in total. The van der Waals surface area contributed by atoms with Crippen LogP contribution in [0.5, 0.6) is 0 Å². The van der Waals surface area contributed by atoms with Gasteiger partial charge in [0.15, 0.2) is 6.23 Å². The Hall–Kier alpha value is -2.68. The van der Waals surface area contributed by atoms with Gasteiger partial charge in [0, 0.05) is 12.6 Å². The number of pyridine rings is 1. The van der Waals surface area contributed by atoms with Crippen LogP contribution in [0, 0.1) is 10.1 Å². The summed E-state index contributed by atoms with van der Waals surface area (Å²) >= 11 is 0. The number of hydrogen-bond acceptors (Lipinski definition) is 8. The number of carbonyl (C=O) groups is 1. The highest BCUT2D eigenvalue weighted by atomic mass is 16.6. The predicted molar refractivity (Wildman–Crippen MR) is 74.7 cm³/mol. The predicted octanol–water partition coefficient (Wildman–Crippen LogP) is 0.722. The molecule has 1 atom stereocenters. The molecule has 0 saturated heterocycles. The van der Waals surface area contributed by atoms with E-state index in [1.165, 1.54) is 13.1 Å². The van der Waals surface area contributed by atoms with E-state index in [1.54, 1.807) is 6.92 Å². The van der Waals surface area contributed by atoms with E-state index >= 15 is 0 Å². The number of anilines is 2. The van der Waals surface area contributed by atoms with Crippen LogP contribution in [0.2, 0.25) is 0 Å². The highest BCUT2D eigenvalue weighted by Crippen LogP contribution is 2.36. The second-order valence-corrected chi connectivity index (χ2v) is 4.15. The minimum atomic E-state index is -1.28. The fraction of sp³-hybridized carbons (Fsp3) is 0.333. The molecule has 9 heteroatoms. The fourth-order valence-corrected chi connectivity index (χ4v) is 2.00. The molecular formula is C12H14N4O5. The van der Waals surface area contributed by atoms with Crippen LogP contribution in [-0.4, -0.2) is 40.9 Å². The van der Waals surface area contributed by atoms with Gasteiger partial charge in [-0.2, -0.15) is 0 Å². The lowest BCUT2D eigenvalue weighted by atomic mass is 10.0. The molecule has 0 bridgehead atoms. The van der Waals surface area contributed by atoms with Crippen LogP contribution in [0.15, 0.2) is 11.8 Å². The summed E-state index contributed by atoms with van der Waals surface area (Å²) in [7, 11) is 1.52. The van der Waals surface area contributed by atoms with E-state index in [9.17, 15) is 20.0 Å². The molecule has 3 N–H and O–H groups in total. The molecule has 21 heavy (non-hydrogen) atoms. The van der Waals surface area contributed by atoms with E-state index in [0.717, 1.165) is 6.20 Å². The Morgan fingerprint density at radius 1 is 1.67 bits per heavy atom. The molecule has 112 valence electrons. The lowest BCUT2D eigenvalue weighted by molar-refractivity contribution is -0.384. The second-order valence-electron chi connectivity index (χ2n) is 4.15. The van der Waals surface area contributed by atoms with Gasteiger partial charge in [0.1, 0.15) is 17.7 Å². The number of aliphatic hydroxyl groups is 1. The number of carbonyl (C=O) groups excluding carboxylic acids is 1. The van der Waals surface area contributed by atoms with E-state index < -0.39 is 17.1 Å². The van der Waals surface area contributed by atoms with E-state index in [4.69, 9.17) is 4.74 Å². The summed E-state index contributed by atoms with van der Waals surface area (Å²) in [5.74, 6) is -0.456. The summed E-state index contributed by atoms with van der Waals surface area (Å²) in [5, 5.41) is 26.2. The van der Waals surface area contributed by atoms with E-state index in [1.807, 2.05) is 0 Å². The molecule has 0 aliphatic carbocycles. The first-order valence-electron chi connectivity index (χ1n) is 6.18. The van der Waals surface area contributed by atoms with Gasteiger partial charge < -0.3 is 20.5 Å². The lowest BCUT2D eigenvalue weighted by Gasteiger charge is -2.23. The molecule has 2 rings (SSSR count). The molecule has 1 unspecified atom stereocenters. The number of nitro groups is 1. The molecule has 0 fully saturated rings. The summed E-state index contributed by atoms with van der Waals surface area (Å²) in [6.45, 7) is 1.79. The van der Waals surface area contributed by atoms with Crippen LogP contribution in [0.4, 0.5) is 17.2 Å². The maximum Gasteiger partial charge on any atom is 0.338 e. The van der Waals surface area contributed by atoms with E-state index in [2.05, 4.69) is 15.6 Å². The number of rotatable bonds is 4. The maximum atomic E-state index is 11.8. The Bertz CT molecular complexity index is 628. The third kappa shape index (κ3) is 2.63. The number of nitrogens with one attached hydrogen (secondary N) is 2. The molecule has 1 aliphatic heterocycles. The van der Waals surface area contributed by atoms with Crippen molar-refractivity contribution in [1.82, 2.24) is 4.98 Å². The number of aliphatic hydroxyl groups excluding tert-OH is 1. The molecule has 0 saturated carbocycles. The number of aromatic nitrogens is 1. The molecule has 1 aliphatic rings. The van der Waals surface area contributed by atoms with Crippen LogP contribution >= 0.6 is 0 Å². The molecule has 2 heterocycles.